The van der Waals surface area contributed by atoms with E-state index in [9.17, 15) is 4.79 Å². The quantitative estimate of drug-likeness (QED) is 0.701. The van der Waals surface area contributed by atoms with Crippen LogP contribution in [0.15, 0.2) is 36.7 Å². The second kappa shape index (κ2) is 7.13. The van der Waals surface area contributed by atoms with Gasteiger partial charge in [-0.2, -0.15) is 0 Å². The van der Waals surface area contributed by atoms with E-state index in [4.69, 9.17) is 10.1 Å². The van der Waals surface area contributed by atoms with Gasteiger partial charge in [0, 0.05) is 38.1 Å². The molecule has 2 N–H and O–H groups in total. The topological polar surface area (TPSA) is 69.9 Å². The summed E-state index contributed by atoms with van der Waals surface area (Å²) < 4.78 is 1.98. The largest absolute Gasteiger partial charge is 0.396 e. The Balaban J connectivity index is 1.57. The number of pyridine rings is 1. The molecule has 5 rings (SSSR count). The number of imidazole rings is 1. The molecule has 2 aromatic heterocycles. The normalized spacial score (nSPS) is 16.4. The van der Waals surface area contributed by atoms with Gasteiger partial charge in [0.1, 0.15) is 0 Å². The summed E-state index contributed by atoms with van der Waals surface area (Å²) in [5.74, 6) is 0.000381. The molecule has 3 heterocycles. The Morgan fingerprint density at radius 1 is 1.27 bits per heavy atom. The zero-order valence-electron chi connectivity index (χ0n) is 17.6. The first kappa shape index (κ1) is 19.1. The van der Waals surface area contributed by atoms with Gasteiger partial charge < -0.3 is 19.7 Å². The van der Waals surface area contributed by atoms with Crippen molar-refractivity contribution in [3.8, 4) is 0 Å². The van der Waals surface area contributed by atoms with Gasteiger partial charge in [0.05, 0.1) is 16.9 Å². The smallest absolute Gasteiger partial charge is 0.255 e. The van der Waals surface area contributed by atoms with E-state index in [2.05, 4.69) is 29.6 Å². The molecular formula is C24H28N4O2. The molecule has 0 unspecified atom stereocenters. The van der Waals surface area contributed by atoms with Crippen LogP contribution in [0, 0.1) is 6.92 Å². The second-order valence-corrected chi connectivity index (χ2v) is 8.84. The van der Waals surface area contributed by atoms with Gasteiger partial charge in [-0.3, -0.25) is 4.79 Å². The summed E-state index contributed by atoms with van der Waals surface area (Å²) in [6.45, 7) is 2.61. The van der Waals surface area contributed by atoms with Crippen LogP contribution in [0.4, 0.5) is 5.69 Å². The Labute approximate surface area is 176 Å². The van der Waals surface area contributed by atoms with E-state index in [-0.39, 0.29) is 18.1 Å². The number of benzene rings is 1. The monoisotopic (exact) mass is 404 g/mol. The molecule has 0 radical (unpaired) electrons. The SMILES string of the molecule is Cc1cn2cc(C(=O)N(C)CCCO)c3c(c2n1)NC1(CC3)Cc2ccccc2C1. The number of rotatable bonds is 4. The molecule has 0 fully saturated rings. The third-order valence-corrected chi connectivity index (χ3v) is 6.62. The first-order valence-electron chi connectivity index (χ1n) is 10.7. The van der Waals surface area contributed by atoms with E-state index >= 15 is 0 Å². The molecule has 0 saturated heterocycles. The van der Waals surface area contributed by atoms with Crippen molar-refractivity contribution in [3.05, 3.63) is 64.6 Å². The van der Waals surface area contributed by atoms with Crippen molar-refractivity contribution in [1.29, 1.82) is 0 Å². The van der Waals surface area contributed by atoms with Crippen molar-refractivity contribution in [3.63, 3.8) is 0 Å². The maximum Gasteiger partial charge on any atom is 0.255 e. The highest BCUT2D eigenvalue weighted by molar-refractivity contribution is 5.98. The summed E-state index contributed by atoms with van der Waals surface area (Å²) in [5.41, 5.74) is 7.45. The summed E-state index contributed by atoms with van der Waals surface area (Å²) in [7, 11) is 1.80. The van der Waals surface area contributed by atoms with E-state index in [1.807, 2.05) is 23.7 Å². The highest BCUT2D eigenvalue weighted by Crippen LogP contribution is 2.43. The third-order valence-electron chi connectivity index (χ3n) is 6.62. The lowest BCUT2D eigenvalue weighted by molar-refractivity contribution is 0.0784. The number of carbonyl (C=O) groups is 1. The average Bonchev–Trinajstić information content (AvgIpc) is 3.29. The number of aliphatic hydroxyl groups is 1. The van der Waals surface area contributed by atoms with E-state index in [0.29, 0.717) is 13.0 Å². The summed E-state index contributed by atoms with van der Waals surface area (Å²) in [6.07, 6.45) is 8.34. The molecule has 1 aliphatic carbocycles. The predicted molar refractivity (Wildman–Crippen MR) is 117 cm³/mol. The number of hydrogen-bond donors (Lipinski definition) is 2. The van der Waals surface area contributed by atoms with E-state index in [0.717, 1.165) is 53.8 Å². The Bertz CT molecular complexity index is 1110. The molecule has 1 aromatic carbocycles. The van der Waals surface area contributed by atoms with Gasteiger partial charge in [-0.25, -0.2) is 4.98 Å². The van der Waals surface area contributed by atoms with Crippen molar-refractivity contribution in [2.45, 2.75) is 44.6 Å². The lowest BCUT2D eigenvalue weighted by Crippen LogP contribution is -2.43. The van der Waals surface area contributed by atoms with Gasteiger partial charge in [-0.15, -0.1) is 0 Å². The number of aliphatic hydroxyl groups excluding tert-OH is 1. The number of nitrogens with zero attached hydrogens (tertiary/aromatic N) is 3. The molecule has 6 heteroatoms. The van der Waals surface area contributed by atoms with Gasteiger partial charge in [0.25, 0.3) is 5.91 Å². The molecule has 156 valence electrons. The lowest BCUT2D eigenvalue weighted by Gasteiger charge is -2.38. The maximum atomic E-state index is 13.2. The van der Waals surface area contributed by atoms with Crippen LogP contribution in [-0.4, -0.2) is 51.0 Å². The van der Waals surface area contributed by atoms with Crippen molar-refractivity contribution in [2.24, 2.45) is 0 Å². The standard InChI is InChI=1S/C24H28N4O2/c1-16-14-28-15-20(23(30)27(2)10-5-11-29)19-8-9-24(26-21(19)22(28)25-16)12-17-6-3-4-7-18(17)13-24/h3-4,6-7,14-15,26,29H,5,8-13H2,1-2H3. The molecule has 0 saturated carbocycles. The zero-order valence-corrected chi connectivity index (χ0v) is 17.6. The first-order chi connectivity index (χ1) is 14.5. The number of carbonyl (C=O) groups excluding carboxylic acids is 1. The summed E-state index contributed by atoms with van der Waals surface area (Å²) in [4.78, 5) is 19.7. The summed E-state index contributed by atoms with van der Waals surface area (Å²) >= 11 is 0. The van der Waals surface area contributed by atoms with Crippen LogP contribution in [0.1, 0.15) is 45.6 Å². The molecule has 3 aromatic rings. The molecule has 6 nitrogen and oxygen atoms in total. The van der Waals surface area contributed by atoms with Crippen molar-refractivity contribution >= 4 is 17.2 Å². The van der Waals surface area contributed by atoms with Crippen LogP contribution in [0.3, 0.4) is 0 Å². The lowest BCUT2D eigenvalue weighted by atomic mass is 9.82. The summed E-state index contributed by atoms with van der Waals surface area (Å²) in [5, 5.41) is 13.0. The fraction of sp³-hybridized carbons (Fsp3) is 0.417. The number of hydrogen-bond acceptors (Lipinski definition) is 4. The predicted octanol–water partition coefficient (Wildman–Crippen LogP) is 2.99. The van der Waals surface area contributed by atoms with Gasteiger partial charge in [-0.05, 0) is 55.7 Å². The van der Waals surface area contributed by atoms with Crippen molar-refractivity contribution in [2.75, 3.05) is 25.5 Å². The van der Waals surface area contributed by atoms with Gasteiger partial charge in [-0.1, -0.05) is 24.3 Å². The molecule has 30 heavy (non-hydrogen) atoms. The van der Waals surface area contributed by atoms with Gasteiger partial charge in [0.2, 0.25) is 0 Å². The van der Waals surface area contributed by atoms with Gasteiger partial charge in [0.15, 0.2) is 5.65 Å². The average molecular weight is 405 g/mol. The first-order valence-corrected chi connectivity index (χ1v) is 10.7. The fourth-order valence-electron chi connectivity index (χ4n) is 5.13. The van der Waals surface area contributed by atoms with Crippen molar-refractivity contribution in [1.82, 2.24) is 14.3 Å². The van der Waals surface area contributed by atoms with E-state index in [1.54, 1.807) is 11.9 Å². The minimum atomic E-state index is -0.0124. The maximum absolute atomic E-state index is 13.2. The van der Waals surface area contributed by atoms with Crippen molar-refractivity contribution < 1.29 is 9.90 Å². The highest BCUT2D eigenvalue weighted by atomic mass is 16.3. The molecule has 0 atom stereocenters. The van der Waals surface area contributed by atoms with E-state index < -0.39 is 0 Å². The number of anilines is 1. The van der Waals surface area contributed by atoms with Crippen LogP contribution < -0.4 is 5.32 Å². The van der Waals surface area contributed by atoms with Crippen LogP contribution in [0.25, 0.3) is 5.65 Å². The minimum Gasteiger partial charge on any atom is -0.396 e. The Kier molecular flexibility index (Phi) is 4.54. The molecule has 2 aliphatic rings. The second-order valence-electron chi connectivity index (χ2n) is 8.84. The number of fused-ring (bicyclic) bond motifs is 4. The Hall–Kier alpha value is -2.86. The van der Waals surface area contributed by atoms with Crippen LogP contribution >= 0.6 is 0 Å². The number of nitrogens with one attached hydrogen (secondary N) is 1. The van der Waals surface area contributed by atoms with Crippen LogP contribution in [0.2, 0.25) is 0 Å². The highest BCUT2D eigenvalue weighted by Gasteiger charge is 2.41. The van der Waals surface area contributed by atoms with Crippen LogP contribution in [-0.2, 0) is 19.3 Å². The third kappa shape index (κ3) is 3.06. The number of aryl methyl sites for hydroxylation is 1. The minimum absolute atomic E-state index is 0.000381. The fourth-order valence-corrected chi connectivity index (χ4v) is 5.13. The number of amides is 1. The number of aromatic nitrogens is 2. The molecule has 1 amide bonds. The van der Waals surface area contributed by atoms with Crippen LogP contribution in [0.5, 0.6) is 0 Å². The molecule has 0 bridgehead atoms. The molecule has 1 spiro atoms. The molecule has 1 aliphatic heterocycles. The molecular weight excluding hydrogens is 376 g/mol. The Morgan fingerprint density at radius 3 is 2.70 bits per heavy atom. The van der Waals surface area contributed by atoms with E-state index in [1.165, 1.54) is 11.1 Å². The zero-order chi connectivity index (χ0) is 20.9. The Morgan fingerprint density at radius 2 is 2.00 bits per heavy atom. The van der Waals surface area contributed by atoms with Gasteiger partial charge >= 0.3 is 0 Å². The summed E-state index contributed by atoms with van der Waals surface area (Å²) in [6, 6.07) is 8.69.